The van der Waals surface area contributed by atoms with E-state index in [-0.39, 0.29) is 41.7 Å². The molecule has 3 rings (SSSR count). The van der Waals surface area contributed by atoms with Crippen molar-refractivity contribution < 1.29 is 26.4 Å². The number of nitrogens with one attached hydrogen (secondary N) is 1. The maximum atomic E-state index is 12.9. The maximum Gasteiger partial charge on any atom is 0.337 e. The number of methoxy groups -OCH3 is 1. The zero-order valence-electron chi connectivity index (χ0n) is 15.1. The summed E-state index contributed by atoms with van der Waals surface area (Å²) in [5.74, 6) is -0.557. The third-order valence-corrected chi connectivity index (χ3v) is 8.15. The lowest BCUT2D eigenvalue weighted by atomic mass is 10.2. The number of sulfonamides is 2. The van der Waals surface area contributed by atoms with E-state index >= 15 is 0 Å². The number of nitrogens with zero attached hydrogens (tertiary/aromatic N) is 3. The molecule has 0 atom stereocenters. The van der Waals surface area contributed by atoms with E-state index in [1.807, 2.05) is 0 Å². The predicted octanol–water partition coefficient (Wildman–Crippen LogP) is 0.282. The van der Waals surface area contributed by atoms with Crippen molar-refractivity contribution in [1.29, 1.82) is 0 Å². The summed E-state index contributed by atoms with van der Waals surface area (Å²) in [6.07, 6.45) is 2.85. The second-order valence-corrected chi connectivity index (χ2v) is 9.94. The predicted molar refractivity (Wildman–Crippen MR) is 98.5 cm³/mol. The fourth-order valence-corrected chi connectivity index (χ4v) is 5.74. The highest BCUT2D eigenvalue weighted by Crippen LogP contribution is 2.21. The summed E-state index contributed by atoms with van der Waals surface area (Å²) in [7, 11) is -6.33. The van der Waals surface area contributed by atoms with Crippen molar-refractivity contribution in [3.63, 3.8) is 0 Å². The Labute approximate surface area is 163 Å². The average Bonchev–Trinajstić information content (AvgIpc) is 3.12. The number of imidazole rings is 1. The van der Waals surface area contributed by atoms with Crippen LogP contribution >= 0.6 is 0 Å². The first-order chi connectivity index (χ1) is 13.3. The van der Waals surface area contributed by atoms with Crippen molar-refractivity contribution in [2.45, 2.75) is 16.3 Å². The van der Waals surface area contributed by atoms with Gasteiger partial charge >= 0.3 is 5.97 Å². The molecule has 0 saturated carbocycles. The van der Waals surface area contributed by atoms with E-state index in [0.29, 0.717) is 6.42 Å². The van der Waals surface area contributed by atoms with Gasteiger partial charge in [-0.1, -0.05) is 0 Å². The van der Waals surface area contributed by atoms with Gasteiger partial charge in [0.25, 0.3) is 10.0 Å². The second-order valence-electron chi connectivity index (χ2n) is 6.09. The number of carbonyl (C=O) groups is 1. The number of hydrogen-bond acceptors (Lipinski definition) is 7. The summed E-state index contributed by atoms with van der Waals surface area (Å²) in [5.41, 5.74) is 0.245. The van der Waals surface area contributed by atoms with E-state index < -0.39 is 26.0 Å². The van der Waals surface area contributed by atoms with Gasteiger partial charge in [-0.15, -0.1) is 0 Å². The molecule has 1 aromatic heterocycles. The Morgan fingerprint density at radius 1 is 1.00 bits per heavy atom. The number of H-pyrrole nitrogens is 1. The Hall–Kier alpha value is -2.28. The van der Waals surface area contributed by atoms with Crippen LogP contribution in [0.5, 0.6) is 0 Å². The number of aromatic nitrogens is 2. The van der Waals surface area contributed by atoms with Crippen LogP contribution in [-0.4, -0.2) is 74.7 Å². The monoisotopic (exact) mass is 428 g/mol. The molecule has 1 N–H and O–H groups in total. The summed E-state index contributed by atoms with van der Waals surface area (Å²) in [6.45, 7) is 0.444. The molecule has 12 heteroatoms. The quantitative estimate of drug-likeness (QED) is 0.677. The van der Waals surface area contributed by atoms with Gasteiger partial charge in [-0.3, -0.25) is 0 Å². The Morgan fingerprint density at radius 2 is 1.61 bits per heavy atom. The normalized spacial score (nSPS) is 17.2. The summed E-state index contributed by atoms with van der Waals surface area (Å²) >= 11 is 0. The number of ether oxygens (including phenoxy) is 1. The molecule has 0 amide bonds. The van der Waals surface area contributed by atoms with Crippen LogP contribution in [0.1, 0.15) is 16.8 Å². The zero-order valence-corrected chi connectivity index (χ0v) is 16.7. The molecule has 28 heavy (non-hydrogen) atoms. The summed E-state index contributed by atoms with van der Waals surface area (Å²) < 4.78 is 58.1. The highest BCUT2D eigenvalue weighted by atomic mass is 32.2. The summed E-state index contributed by atoms with van der Waals surface area (Å²) in [5, 5.41) is -0.0257. The molecule has 1 saturated heterocycles. The Balaban J connectivity index is 1.77. The van der Waals surface area contributed by atoms with Crippen molar-refractivity contribution in [2.24, 2.45) is 0 Å². The van der Waals surface area contributed by atoms with E-state index in [1.165, 1.54) is 52.5 Å². The first-order valence-electron chi connectivity index (χ1n) is 8.44. The number of rotatable bonds is 5. The molecule has 1 fully saturated rings. The molecule has 1 aromatic carbocycles. The molecular formula is C16H20N4O6S2. The molecule has 1 aliphatic rings. The van der Waals surface area contributed by atoms with Gasteiger partial charge in [-0.25, -0.2) is 26.6 Å². The molecule has 0 radical (unpaired) electrons. The molecule has 0 bridgehead atoms. The van der Waals surface area contributed by atoms with Crippen molar-refractivity contribution >= 4 is 26.0 Å². The van der Waals surface area contributed by atoms with E-state index in [1.54, 1.807) is 0 Å². The maximum absolute atomic E-state index is 12.9. The van der Waals surface area contributed by atoms with E-state index in [0.717, 1.165) is 0 Å². The molecule has 10 nitrogen and oxygen atoms in total. The third kappa shape index (κ3) is 3.94. The first-order valence-corrected chi connectivity index (χ1v) is 11.3. The molecule has 2 aromatic rings. The van der Waals surface area contributed by atoms with E-state index in [4.69, 9.17) is 0 Å². The lowest BCUT2D eigenvalue weighted by Gasteiger charge is -2.21. The first kappa shape index (κ1) is 20.5. The molecular weight excluding hydrogens is 408 g/mol. The Bertz CT molecular complexity index is 1030. The van der Waals surface area contributed by atoms with Gasteiger partial charge in [0, 0.05) is 26.2 Å². The minimum absolute atomic E-state index is 0.0223. The number of esters is 1. The van der Waals surface area contributed by atoms with Crippen molar-refractivity contribution in [2.75, 3.05) is 33.3 Å². The zero-order chi connectivity index (χ0) is 20.4. The van der Waals surface area contributed by atoms with Crippen LogP contribution in [0.2, 0.25) is 0 Å². The van der Waals surface area contributed by atoms with Crippen molar-refractivity contribution in [3.8, 4) is 0 Å². The largest absolute Gasteiger partial charge is 0.465 e. The average molecular weight is 428 g/mol. The van der Waals surface area contributed by atoms with Crippen LogP contribution in [0.25, 0.3) is 0 Å². The molecule has 152 valence electrons. The van der Waals surface area contributed by atoms with Crippen LogP contribution in [0.15, 0.2) is 46.7 Å². The van der Waals surface area contributed by atoms with E-state index in [9.17, 15) is 21.6 Å². The van der Waals surface area contributed by atoms with Crippen molar-refractivity contribution in [3.05, 3.63) is 42.4 Å². The fourth-order valence-electron chi connectivity index (χ4n) is 2.90. The number of hydrogen-bond donors (Lipinski definition) is 1. The minimum Gasteiger partial charge on any atom is -0.465 e. The van der Waals surface area contributed by atoms with Gasteiger partial charge < -0.3 is 9.72 Å². The summed E-state index contributed by atoms with van der Waals surface area (Å²) in [6, 6.07) is 5.44. The topological polar surface area (TPSA) is 130 Å². The Kier molecular flexibility index (Phi) is 5.84. The SMILES string of the molecule is COC(=O)c1ccc(S(=O)(=O)N2CCCN(S(=O)(=O)c3cnc[nH]3)CC2)cc1. The molecule has 0 unspecified atom stereocenters. The lowest BCUT2D eigenvalue weighted by Crippen LogP contribution is -2.37. The number of aromatic amines is 1. The summed E-state index contributed by atoms with van der Waals surface area (Å²) in [4.78, 5) is 17.8. The van der Waals surface area contributed by atoms with Gasteiger partial charge in [0.05, 0.1) is 30.1 Å². The van der Waals surface area contributed by atoms with Crippen LogP contribution in [0, 0.1) is 0 Å². The molecule has 0 spiro atoms. The molecule has 2 heterocycles. The smallest absolute Gasteiger partial charge is 0.337 e. The van der Waals surface area contributed by atoms with Gasteiger partial charge in [-0.2, -0.15) is 8.61 Å². The number of benzene rings is 1. The van der Waals surface area contributed by atoms with Gasteiger partial charge in [0.1, 0.15) is 0 Å². The van der Waals surface area contributed by atoms with Gasteiger partial charge in [0.2, 0.25) is 10.0 Å². The van der Waals surface area contributed by atoms with Crippen LogP contribution in [0.3, 0.4) is 0 Å². The third-order valence-electron chi connectivity index (χ3n) is 4.42. The van der Waals surface area contributed by atoms with E-state index in [2.05, 4.69) is 14.7 Å². The lowest BCUT2D eigenvalue weighted by molar-refractivity contribution is 0.0600. The van der Waals surface area contributed by atoms with Crippen molar-refractivity contribution in [1.82, 2.24) is 18.6 Å². The van der Waals surface area contributed by atoms with Crippen LogP contribution in [-0.2, 0) is 24.8 Å². The highest BCUT2D eigenvalue weighted by molar-refractivity contribution is 7.89. The van der Waals surface area contributed by atoms with Crippen LogP contribution < -0.4 is 0 Å². The fraction of sp³-hybridized carbons (Fsp3) is 0.375. The second kappa shape index (κ2) is 7.99. The highest BCUT2D eigenvalue weighted by Gasteiger charge is 2.32. The molecule has 0 aliphatic carbocycles. The standard InChI is InChI=1S/C16H20N4O6S2/c1-26-16(21)13-3-5-14(6-4-13)27(22,23)19-7-2-8-20(10-9-19)28(24,25)15-11-17-12-18-15/h3-6,11-12H,2,7-10H2,1H3,(H,17,18). The van der Waals surface area contributed by atoms with Gasteiger partial charge in [-0.05, 0) is 30.7 Å². The molecule has 1 aliphatic heterocycles. The Morgan fingerprint density at radius 3 is 2.14 bits per heavy atom. The van der Waals surface area contributed by atoms with Crippen LogP contribution in [0.4, 0.5) is 0 Å². The minimum atomic E-state index is -3.82. The van der Waals surface area contributed by atoms with Gasteiger partial charge in [0.15, 0.2) is 5.03 Å². The number of carbonyl (C=O) groups excluding carboxylic acids is 1.